The van der Waals surface area contributed by atoms with Gasteiger partial charge in [-0.25, -0.2) is 4.79 Å². The van der Waals surface area contributed by atoms with Gasteiger partial charge >= 0.3 is 5.97 Å². The van der Waals surface area contributed by atoms with Gasteiger partial charge in [-0.15, -0.1) is 0 Å². The van der Waals surface area contributed by atoms with Crippen LogP contribution >= 0.6 is 0 Å². The molecule has 8 atom stereocenters. The maximum Gasteiger partial charge on any atom is 0.338 e. The molecule has 0 bridgehead atoms. The Balaban J connectivity index is 1.45. The number of hydrogen-bond donors (Lipinski definition) is 7. The van der Waals surface area contributed by atoms with Crippen molar-refractivity contribution in [3.63, 3.8) is 0 Å². The lowest BCUT2D eigenvalue weighted by Crippen LogP contribution is -2.59. The number of aliphatic hydroxyl groups excluding tert-OH is 5. The normalized spacial score (nSPS) is 27.6. The summed E-state index contributed by atoms with van der Waals surface area (Å²) in [5, 5.41) is 53.8. The van der Waals surface area contributed by atoms with E-state index in [0.717, 1.165) is 38.5 Å². The summed E-state index contributed by atoms with van der Waals surface area (Å²) >= 11 is 0. The fraction of sp³-hybridized carbons (Fsp3) is 0.667. The molecule has 0 aromatic heterocycles. The summed E-state index contributed by atoms with van der Waals surface area (Å²) in [5.41, 5.74) is 1.26. The van der Waals surface area contributed by atoms with E-state index < -0.39 is 73.3 Å². The van der Waals surface area contributed by atoms with Gasteiger partial charge in [-0.05, 0) is 36.6 Å². The lowest BCUT2D eigenvalue weighted by molar-refractivity contribution is -0.298. The van der Waals surface area contributed by atoms with Crippen LogP contribution in [0.5, 0.6) is 0 Å². The van der Waals surface area contributed by atoms with Gasteiger partial charge in [-0.1, -0.05) is 63.8 Å². The molecule has 54 heavy (non-hydrogen) atoms. The molecule has 2 aliphatic heterocycles. The first-order chi connectivity index (χ1) is 26.0. The highest BCUT2D eigenvalue weighted by Gasteiger charge is 2.52. The molecule has 8 unspecified atom stereocenters. The predicted molar refractivity (Wildman–Crippen MR) is 196 cm³/mol. The zero-order valence-electron chi connectivity index (χ0n) is 31.3. The van der Waals surface area contributed by atoms with E-state index in [2.05, 4.69) is 24.5 Å². The number of esters is 1. The molecule has 4 rings (SSSR count). The third-order valence-corrected chi connectivity index (χ3v) is 9.76. The van der Waals surface area contributed by atoms with Crippen molar-refractivity contribution in [2.75, 3.05) is 32.9 Å². The molecule has 0 radical (unpaired) electrons. The number of unbranched alkanes of at least 4 members (excludes halogenated alkanes) is 4. The Labute approximate surface area is 316 Å². The minimum atomic E-state index is -1.55. The molecule has 3 aliphatic rings. The van der Waals surface area contributed by atoms with Crippen LogP contribution in [0.4, 0.5) is 0 Å². The van der Waals surface area contributed by atoms with E-state index in [1.807, 2.05) is 0 Å². The van der Waals surface area contributed by atoms with E-state index in [1.165, 1.54) is 0 Å². The van der Waals surface area contributed by atoms with Gasteiger partial charge in [0.25, 0.3) is 0 Å². The maximum atomic E-state index is 13.7. The first-order valence-electron chi connectivity index (χ1n) is 19.2. The van der Waals surface area contributed by atoms with Crippen LogP contribution < -0.4 is 10.6 Å². The summed E-state index contributed by atoms with van der Waals surface area (Å²) in [6.07, 6.45) is 3.33. The molecule has 0 spiro atoms. The minimum absolute atomic E-state index is 0.0335. The topological polar surface area (TPSA) is 223 Å². The Morgan fingerprint density at radius 1 is 0.944 bits per heavy atom. The van der Waals surface area contributed by atoms with E-state index >= 15 is 0 Å². The molecule has 2 fully saturated rings. The van der Waals surface area contributed by atoms with E-state index in [9.17, 15) is 34.8 Å². The number of amides is 2. The Morgan fingerprint density at radius 3 is 2.37 bits per heavy atom. The molecular formula is C39H58N2O13. The number of ether oxygens (including phenoxy) is 5. The number of nitrogens with one attached hydrogen (secondary N) is 2. The zero-order chi connectivity index (χ0) is 39.1. The Bertz CT molecular complexity index is 1410. The number of carbonyl (C=O) groups is 3. The predicted octanol–water partition coefficient (Wildman–Crippen LogP) is 1.63. The highest BCUT2D eigenvalue weighted by Crippen LogP contribution is 2.43. The van der Waals surface area contributed by atoms with Crippen LogP contribution in [0.2, 0.25) is 0 Å². The second-order valence-electron chi connectivity index (χ2n) is 14.0. The molecule has 2 saturated heterocycles. The van der Waals surface area contributed by atoms with Crippen LogP contribution in [0.3, 0.4) is 0 Å². The van der Waals surface area contributed by atoms with Crippen molar-refractivity contribution in [3.05, 3.63) is 53.1 Å². The maximum absolute atomic E-state index is 13.7. The largest absolute Gasteiger partial charge is 0.456 e. The average Bonchev–Trinajstić information content (AvgIpc) is 3.54. The van der Waals surface area contributed by atoms with Crippen LogP contribution in [-0.4, -0.2) is 131 Å². The van der Waals surface area contributed by atoms with Crippen molar-refractivity contribution >= 4 is 23.9 Å². The van der Waals surface area contributed by atoms with Gasteiger partial charge in [0.2, 0.25) is 11.8 Å². The van der Waals surface area contributed by atoms with Crippen molar-refractivity contribution < 1.29 is 63.6 Å². The minimum Gasteiger partial charge on any atom is -0.456 e. The summed E-state index contributed by atoms with van der Waals surface area (Å²) in [4.78, 5) is 39.0. The number of carbonyl (C=O) groups excluding carboxylic acids is 3. The van der Waals surface area contributed by atoms with Gasteiger partial charge in [0.15, 0.2) is 12.1 Å². The second kappa shape index (κ2) is 21.7. The van der Waals surface area contributed by atoms with Gasteiger partial charge < -0.3 is 59.9 Å². The van der Waals surface area contributed by atoms with Gasteiger partial charge in [0.1, 0.15) is 42.7 Å². The number of hydrogen-bond acceptors (Lipinski definition) is 13. The Kier molecular flexibility index (Phi) is 17.5. The van der Waals surface area contributed by atoms with E-state index in [-0.39, 0.29) is 50.6 Å². The zero-order valence-corrected chi connectivity index (χ0v) is 31.3. The monoisotopic (exact) mass is 762 g/mol. The fourth-order valence-electron chi connectivity index (χ4n) is 6.80. The quantitative estimate of drug-likeness (QED) is 0.0700. The summed E-state index contributed by atoms with van der Waals surface area (Å²) in [5.74, 6) is -2.20. The molecule has 2 amide bonds. The van der Waals surface area contributed by atoms with Crippen molar-refractivity contribution in [3.8, 4) is 0 Å². The van der Waals surface area contributed by atoms with Gasteiger partial charge in [-0.2, -0.15) is 0 Å². The molecule has 1 aromatic carbocycles. The molecular weight excluding hydrogens is 704 g/mol. The standard InChI is InChI=1S/C39H58N2O13/c1-3-5-7-15-39(16-8-6-4-2)53-29-23-27(36(48)41-17-14-31(44)40-18-19-42)22-28(35(29)54-39)51-37(49)26-13-9-11-25(21-26)12-10-20-50-38-34(47)33(46)32(45)30(24-43)52-38/h9-13,21,23,28-30,32-35,38,42-43,45-47H,3-8,14-20,22,24H2,1-2H3,(H,40,44)(H,41,48). The molecule has 1 aromatic rings. The molecule has 1 aliphatic carbocycles. The van der Waals surface area contributed by atoms with E-state index in [4.69, 9.17) is 28.8 Å². The smallest absolute Gasteiger partial charge is 0.338 e. The van der Waals surface area contributed by atoms with Crippen molar-refractivity contribution in [1.29, 1.82) is 0 Å². The number of fused-ring (bicyclic) bond motifs is 1. The van der Waals surface area contributed by atoms with Crippen molar-refractivity contribution in [2.24, 2.45) is 0 Å². The Morgan fingerprint density at radius 2 is 1.69 bits per heavy atom. The summed E-state index contributed by atoms with van der Waals surface area (Å²) in [6.45, 7) is 3.66. The summed E-state index contributed by atoms with van der Waals surface area (Å²) < 4.78 is 30.3. The van der Waals surface area contributed by atoms with Gasteiger partial charge in [0, 0.05) is 44.3 Å². The number of aliphatic hydroxyl groups is 5. The lowest BCUT2D eigenvalue weighted by atomic mass is 9.91. The van der Waals surface area contributed by atoms with Crippen molar-refractivity contribution in [2.45, 2.75) is 133 Å². The van der Waals surface area contributed by atoms with Gasteiger partial charge in [0.05, 0.1) is 25.4 Å². The molecule has 15 nitrogen and oxygen atoms in total. The lowest BCUT2D eigenvalue weighted by Gasteiger charge is -2.39. The van der Waals surface area contributed by atoms with Crippen LogP contribution in [0, 0.1) is 0 Å². The van der Waals surface area contributed by atoms with Crippen LogP contribution in [0.1, 0.15) is 94.0 Å². The molecule has 0 saturated carbocycles. The molecule has 302 valence electrons. The SMILES string of the molecule is CCCCCC1(CCCCC)OC2C=C(C(=O)NCCC(=O)NCCO)CC(OC(=O)c3cccc(C=CCOC4OC(CO)C(O)C(O)C4O)c3)C2O1. The fourth-order valence-corrected chi connectivity index (χ4v) is 6.80. The van der Waals surface area contributed by atoms with E-state index in [1.54, 1.807) is 42.5 Å². The van der Waals surface area contributed by atoms with Crippen LogP contribution in [0.25, 0.3) is 6.08 Å². The highest BCUT2D eigenvalue weighted by molar-refractivity contribution is 5.94. The number of benzene rings is 1. The molecule has 7 N–H and O–H groups in total. The van der Waals surface area contributed by atoms with Gasteiger partial charge in [-0.3, -0.25) is 9.59 Å². The third kappa shape index (κ3) is 12.1. The van der Waals surface area contributed by atoms with Crippen LogP contribution in [0.15, 0.2) is 42.0 Å². The first-order valence-corrected chi connectivity index (χ1v) is 19.2. The Hall–Kier alpha value is -3.25. The second-order valence-corrected chi connectivity index (χ2v) is 14.0. The summed E-state index contributed by atoms with van der Waals surface area (Å²) in [6, 6.07) is 6.70. The summed E-state index contributed by atoms with van der Waals surface area (Å²) in [7, 11) is 0. The van der Waals surface area contributed by atoms with Crippen LogP contribution in [-0.2, 0) is 33.3 Å². The van der Waals surface area contributed by atoms with Crippen molar-refractivity contribution in [1.82, 2.24) is 10.6 Å². The first kappa shape index (κ1) is 43.5. The molecule has 2 heterocycles. The number of rotatable bonds is 21. The average molecular weight is 763 g/mol. The molecule has 15 heteroatoms. The third-order valence-electron chi connectivity index (χ3n) is 9.76. The highest BCUT2D eigenvalue weighted by atomic mass is 16.8. The van der Waals surface area contributed by atoms with E-state index in [0.29, 0.717) is 24.0 Å².